The lowest BCUT2D eigenvalue weighted by atomic mass is 10.0. The number of aromatic amines is 2. The number of carbonyl (C=O) groups excluding carboxylic acids is 8. The van der Waals surface area contributed by atoms with Gasteiger partial charge in [0, 0.05) is 66.6 Å². The average molecular weight is 1180 g/mol. The van der Waals surface area contributed by atoms with Gasteiger partial charge in [0.2, 0.25) is 47.3 Å². The molecule has 0 unspecified atom stereocenters. The summed E-state index contributed by atoms with van der Waals surface area (Å²) in [4.78, 5) is 138. The molecule has 0 aliphatic carbocycles. The molecular formula is C58H73N17O11. The number of nitrogens with zero attached hydrogens (tertiary/aromatic N) is 2. The van der Waals surface area contributed by atoms with Crippen molar-refractivity contribution in [2.75, 3.05) is 19.6 Å². The van der Waals surface area contributed by atoms with Crippen molar-refractivity contribution in [3.8, 4) is 5.75 Å². The largest absolute Gasteiger partial charge is 0.508 e. The molecule has 0 spiro atoms. The second kappa shape index (κ2) is 31.8. The third-order valence-electron chi connectivity index (χ3n) is 13.7. The summed E-state index contributed by atoms with van der Waals surface area (Å²) in [5.41, 5.74) is 37.6. The number of nitrogens with one attached hydrogen (secondary N) is 9. The number of carboxylic acid groups (broad SMARTS) is 1. The van der Waals surface area contributed by atoms with Crippen LogP contribution in [0.5, 0.6) is 5.75 Å². The SMILES string of the molecule is NC(=O)C[C@H](NC(=O)[C@H](CCCN=C(N)N)NC(=O)[C@@H](N)Cc1ccc(O)cc1)C(=O)N[C@@H](Cc1c[nH]c2ccccc12)C(=O)N[C@@H](Cc1ccccc1)C(=O)NCC(=O)N[C@@H](CCCN=C(N)N)C(=O)N[C@@H](Cc1c[nH]c2ccccc12)C(=O)O. The summed E-state index contributed by atoms with van der Waals surface area (Å²) in [6.45, 7) is -0.636. The molecule has 0 fully saturated rings. The Bertz CT molecular complexity index is 3400. The number of carboxylic acids is 1. The summed E-state index contributed by atoms with van der Waals surface area (Å²) in [5.74, 6) is -9.05. The van der Waals surface area contributed by atoms with Gasteiger partial charge in [-0.25, -0.2) is 4.79 Å². The number of fused-ring (bicyclic) bond motifs is 2. The molecule has 0 saturated carbocycles. The summed E-state index contributed by atoms with van der Waals surface area (Å²) in [7, 11) is 0. The first kappa shape index (κ1) is 64.7. The Morgan fingerprint density at radius 3 is 1.45 bits per heavy atom. The van der Waals surface area contributed by atoms with E-state index in [-0.39, 0.29) is 82.1 Å². The molecule has 2 heterocycles. The van der Waals surface area contributed by atoms with Gasteiger partial charge in [0.05, 0.1) is 19.0 Å². The van der Waals surface area contributed by atoms with Crippen LogP contribution in [0.2, 0.25) is 0 Å². The van der Waals surface area contributed by atoms with E-state index in [1.54, 1.807) is 91.3 Å². The second-order valence-corrected chi connectivity index (χ2v) is 20.3. The van der Waals surface area contributed by atoms with Crippen molar-refractivity contribution in [3.63, 3.8) is 0 Å². The number of rotatable bonds is 33. The quantitative estimate of drug-likeness (QED) is 0.0121. The number of aliphatic imine (C=N–C) groups is 2. The van der Waals surface area contributed by atoms with Gasteiger partial charge in [-0.1, -0.05) is 78.9 Å². The zero-order valence-corrected chi connectivity index (χ0v) is 46.9. The lowest BCUT2D eigenvalue weighted by Gasteiger charge is -2.27. The Hall–Kier alpha value is -10.5. The number of hydrogen-bond acceptors (Lipinski definition) is 13. The van der Waals surface area contributed by atoms with E-state index >= 15 is 0 Å². The number of primary amides is 1. The minimum atomic E-state index is -1.74. The van der Waals surface area contributed by atoms with E-state index in [0.717, 1.165) is 10.9 Å². The van der Waals surface area contributed by atoms with Gasteiger partial charge in [-0.2, -0.15) is 0 Å². The molecule has 28 nitrogen and oxygen atoms in total. The Morgan fingerprint density at radius 1 is 0.477 bits per heavy atom. The molecule has 8 amide bonds. The van der Waals surface area contributed by atoms with Crippen molar-refractivity contribution < 1.29 is 53.4 Å². The van der Waals surface area contributed by atoms with Crippen molar-refractivity contribution in [1.82, 2.24) is 47.2 Å². The summed E-state index contributed by atoms with van der Waals surface area (Å²) in [5, 5.41) is 39.3. The molecule has 86 heavy (non-hydrogen) atoms. The lowest BCUT2D eigenvalue weighted by Crippen LogP contribution is -2.60. The first-order chi connectivity index (χ1) is 41.1. The topological polar surface area (TPSA) is 491 Å². The first-order valence-corrected chi connectivity index (χ1v) is 27.5. The normalized spacial score (nSPS) is 13.5. The van der Waals surface area contributed by atoms with E-state index in [4.69, 9.17) is 34.4 Å². The van der Waals surface area contributed by atoms with Gasteiger partial charge in [-0.3, -0.25) is 48.3 Å². The number of aromatic hydroxyl groups is 1. The van der Waals surface area contributed by atoms with E-state index in [1.807, 2.05) is 12.1 Å². The number of nitrogens with two attached hydrogens (primary N) is 6. The zero-order valence-electron chi connectivity index (χ0n) is 46.9. The maximum Gasteiger partial charge on any atom is 0.326 e. The molecular weight excluding hydrogens is 1110 g/mol. The number of para-hydroxylation sites is 2. The number of H-pyrrole nitrogens is 2. The number of hydrogen-bond donors (Lipinski definition) is 17. The van der Waals surface area contributed by atoms with Crippen LogP contribution in [0.4, 0.5) is 0 Å². The predicted molar refractivity (Wildman–Crippen MR) is 320 cm³/mol. The van der Waals surface area contributed by atoms with Gasteiger partial charge in [0.15, 0.2) is 11.9 Å². The fourth-order valence-electron chi connectivity index (χ4n) is 9.35. The highest BCUT2D eigenvalue weighted by Gasteiger charge is 2.34. The van der Waals surface area contributed by atoms with Crippen molar-refractivity contribution in [2.45, 2.75) is 100 Å². The van der Waals surface area contributed by atoms with Gasteiger partial charge in [0.25, 0.3) is 0 Å². The maximum absolute atomic E-state index is 14.8. The molecule has 0 aliphatic heterocycles. The molecule has 23 N–H and O–H groups in total. The Balaban J connectivity index is 1.21. The van der Waals surface area contributed by atoms with Gasteiger partial charge in [-0.05, 0) is 78.6 Å². The minimum absolute atomic E-state index is 0.00163. The van der Waals surface area contributed by atoms with E-state index in [2.05, 4.69) is 57.2 Å². The van der Waals surface area contributed by atoms with Gasteiger partial charge in [0.1, 0.15) is 42.0 Å². The number of aromatic nitrogens is 2. The number of amides is 8. The van der Waals surface area contributed by atoms with E-state index in [1.165, 1.54) is 12.1 Å². The van der Waals surface area contributed by atoms with Crippen LogP contribution in [-0.4, -0.2) is 147 Å². The molecule has 456 valence electrons. The van der Waals surface area contributed by atoms with Crippen LogP contribution < -0.4 is 71.6 Å². The number of aliphatic carboxylic acids is 1. The first-order valence-electron chi connectivity index (χ1n) is 27.5. The third kappa shape index (κ3) is 20.1. The number of guanidine groups is 2. The zero-order chi connectivity index (χ0) is 62.3. The fraction of sp³-hybridized carbons (Fsp3) is 0.328. The monoisotopic (exact) mass is 1180 g/mol. The van der Waals surface area contributed by atoms with Crippen LogP contribution in [0.25, 0.3) is 21.8 Å². The lowest BCUT2D eigenvalue weighted by molar-refractivity contribution is -0.142. The molecule has 7 atom stereocenters. The van der Waals surface area contributed by atoms with E-state index < -0.39 is 108 Å². The third-order valence-corrected chi connectivity index (χ3v) is 13.7. The van der Waals surface area contributed by atoms with Crippen molar-refractivity contribution in [1.29, 1.82) is 0 Å². The Morgan fingerprint density at radius 2 is 0.919 bits per heavy atom. The smallest absolute Gasteiger partial charge is 0.326 e. The molecule has 0 bridgehead atoms. The van der Waals surface area contributed by atoms with E-state index in [9.17, 15) is 53.4 Å². The predicted octanol–water partition coefficient (Wildman–Crippen LogP) is -1.96. The molecule has 6 rings (SSSR count). The minimum Gasteiger partial charge on any atom is -0.508 e. The van der Waals surface area contributed by atoms with Gasteiger partial charge < -0.3 is 91.8 Å². The molecule has 6 aromatic rings. The van der Waals surface area contributed by atoms with E-state index in [0.29, 0.717) is 33.2 Å². The standard InChI is InChI=1S/C58H73N17O11/c59-39(24-33-18-20-36(76)21-19-33)50(79)71-43(17-9-23-66-58(63)64)53(82)74-46(28-48(60)77)55(84)73-45(26-34-29-67-40-14-6-4-12-37(34)40)54(83)72-44(25-32-10-2-1-3-11-32)51(80)69-31-49(78)70-42(16-8-22-65-57(61)62)52(81)75-47(56(85)86)27-35-30-68-41-15-7-5-13-38(35)41/h1-7,10-15,18-21,29-30,39,42-47,67-68,76H,8-9,16-17,22-28,31,59H2,(H2,60,77)(H,69,80)(H,70,78)(H,71,79)(H,72,83)(H,73,84)(H,74,82)(H,75,81)(H,85,86)(H4,61,62,65)(H4,63,64,66)/t39-,42-,43-,44-,45-,46-,47-/m0/s1. The highest BCUT2D eigenvalue weighted by molar-refractivity contribution is 5.99. The highest BCUT2D eigenvalue weighted by Crippen LogP contribution is 2.21. The number of phenolic OH excluding ortho intramolecular Hbond substituents is 1. The highest BCUT2D eigenvalue weighted by atomic mass is 16.4. The maximum atomic E-state index is 14.8. The summed E-state index contributed by atoms with van der Waals surface area (Å²) < 4.78 is 0. The summed E-state index contributed by atoms with van der Waals surface area (Å²) in [6.07, 6.45) is 2.20. The molecule has 28 heteroatoms. The molecule has 0 radical (unpaired) electrons. The molecule has 0 aliphatic rings. The van der Waals surface area contributed by atoms with Crippen LogP contribution in [-0.2, 0) is 68.8 Å². The number of benzene rings is 4. The van der Waals surface area contributed by atoms with Crippen molar-refractivity contribution in [3.05, 3.63) is 138 Å². The Kier molecular flexibility index (Phi) is 23.9. The average Bonchev–Trinajstić information content (AvgIpc) is 2.52. The van der Waals surface area contributed by atoms with Crippen LogP contribution in [0.1, 0.15) is 54.4 Å². The van der Waals surface area contributed by atoms with Crippen LogP contribution in [0, 0.1) is 0 Å². The van der Waals surface area contributed by atoms with Crippen molar-refractivity contribution in [2.24, 2.45) is 44.4 Å². The molecule has 0 saturated heterocycles. The molecule has 2 aromatic heterocycles. The summed E-state index contributed by atoms with van der Waals surface area (Å²) >= 11 is 0. The number of carbonyl (C=O) groups is 9. The molecule has 4 aromatic carbocycles. The van der Waals surface area contributed by atoms with Crippen molar-refractivity contribution >= 4 is 87.0 Å². The summed E-state index contributed by atoms with van der Waals surface area (Å²) in [6, 6.07) is 18.8. The van der Waals surface area contributed by atoms with Gasteiger partial charge >= 0.3 is 5.97 Å². The van der Waals surface area contributed by atoms with Crippen LogP contribution in [0.3, 0.4) is 0 Å². The van der Waals surface area contributed by atoms with Crippen LogP contribution in [0.15, 0.2) is 126 Å². The fourth-order valence-corrected chi connectivity index (χ4v) is 9.35. The second-order valence-electron chi connectivity index (χ2n) is 20.3. The Labute approximate surface area is 493 Å². The number of phenols is 1. The van der Waals surface area contributed by atoms with Crippen LogP contribution >= 0.6 is 0 Å². The van der Waals surface area contributed by atoms with Gasteiger partial charge in [-0.15, -0.1) is 0 Å².